The lowest BCUT2D eigenvalue weighted by Crippen LogP contribution is -2.49. The number of hydrogen-bond donors (Lipinski definition) is 0. The first-order valence-corrected chi connectivity index (χ1v) is 11.6. The molecule has 9 nitrogen and oxygen atoms in total. The lowest BCUT2D eigenvalue weighted by Gasteiger charge is -2.36. The Morgan fingerprint density at radius 1 is 1.15 bits per heavy atom. The maximum absolute atomic E-state index is 13.7. The third kappa shape index (κ3) is 4.13. The van der Waals surface area contributed by atoms with Gasteiger partial charge in [-0.25, -0.2) is 9.67 Å². The van der Waals surface area contributed by atoms with Crippen molar-refractivity contribution in [2.24, 2.45) is 5.92 Å². The number of rotatable bonds is 4. The highest BCUT2D eigenvalue weighted by molar-refractivity contribution is 6.06. The topological polar surface area (TPSA) is 93.7 Å². The third-order valence-corrected chi connectivity index (χ3v) is 6.44. The molecule has 1 atom stereocenters. The number of fused-ring (bicyclic) bond motifs is 1. The van der Waals surface area contributed by atoms with Crippen molar-refractivity contribution in [1.29, 1.82) is 0 Å². The fourth-order valence-electron chi connectivity index (χ4n) is 4.70. The van der Waals surface area contributed by atoms with Crippen molar-refractivity contribution in [3.63, 3.8) is 0 Å². The van der Waals surface area contributed by atoms with Gasteiger partial charge in [0.1, 0.15) is 5.69 Å². The van der Waals surface area contributed by atoms with Crippen LogP contribution in [0.1, 0.15) is 43.1 Å². The Kier molecular flexibility index (Phi) is 5.88. The Labute approximate surface area is 192 Å². The van der Waals surface area contributed by atoms with Crippen LogP contribution >= 0.6 is 0 Å². The summed E-state index contributed by atoms with van der Waals surface area (Å²) in [5.41, 5.74) is 1.79. The summed E-state index contributed by atoms with van der Waals surface area (Å²) in [6, 6.07) is 5.50. The second kappa shape index (κ2) is 8.97. The Morgan fingerprint density at radius 2 is 1.97 bits per heavy atom. The molecule has 3 aromatic heterocycles. The van der Waals surface area contributed by atoms with Crippen LogP contribution in [0.3, 0.4) is 0 Å². The van der Waals surface area contributed by atoms with Crippen LogP contribution in [0.5, 0.6) is 0 Å². The number of furan rings is 1. The molecule has 174 valence electrons. The van der Waals surface area contributed by atoms with Crippen LogP contribution in [-0.2, 0) is 9.53 Å². The maximum atomic E-state index is 13.7. The molecular formula is C24H29N5O4. The minimum atomic E-state index is -0.180. The highest BCUT2D eigenvalue weighted by atomic mass is 16.5. The Balaban J connectivity index is 1.46. The number of amides is 2. The van der Waals surface area contributed by atoms with E-state index in [4.69, 9.17) is 14.1 Å². The molecule has 5 rings (SSSR count). The van der Waals surface area contributed by atoms with Gasteiger partial charge in [0.2, 0.25) is 5.91 Å². The van der Waals surface area contributed by atoms with Gasteiger partial charge in [-0.2, -0.15) is 5.10 Å². The highest BCUT2D eigenvalue weighted by Crippen LogP contribution is 2.29. The van der Waals surface area contributed by atoms with E-state index in [1.54, 1.807) is 29.5 Å². The summed E-state index contributed by atoms with van der Waals surface area (Å²) in [6.07, 6.45) is 4.91. The van der Waals surface area contributed by atoms with Crippen molar-refractivity contribution in [1.82, 2.24) is 24.6 Å². The minimum Gasteiger partial charge on any atom is -0.463 e. The van der Waals surface area contributed by atoms with Crippen molar-refractivity contribution in [2.75, 3.05) is 39.4 Å². The predicted molar refractivity (Wildman–Crippen MR) is 122 cm³/mol. The van der Waals surface area contributed by atoms with E-state index in [1.165, 1.54) is 0 Å². The van der Waals surface area contributed by atoms with Gasteiger partial charge in [-0.05, 0) is 44.9 Å². The first-order chi connectivity index (χ1) is 16.0. The van der Waals surface area contributed by atoms with Crippen molar-refractivity contribution >= 4 is 22.8 Å². The predicted octanol–water partition coefficient (Wildman–Crippen LogP) is 2.98. The Hall–Kier alpha value is -3.20. The first-order valence-electron chi connectivity index (χ1n) is 11.6. The van der Waals surface area contributed by atoms with E-state index < -0.39 is 0 Å². The van der Waals surface area contributed by atoms with E-state index in [0.29, 0.717) is 67.4 Å². The molecule has 5 heterocycles. The number of ether oxygens (including phenoxy) is 1. The van der Waals surface area contributed by atoms with Gasteiger partial charge in [-0.15, -0.1) is 0 Å². The number of carbonyl (C=O) groups is 2. The summed E-state index contributed by atoms with van der Waals surface area (Å²) >= 11 is 0. The zero-order valence-corrected chi connectivity index (χ0v) is 19.1. The maximum Gasteiger partial charge on any atom is 0.254 e. The van der Waals surface area contributed by atoms with Crippen LogP contribution in [-0.4, -0.2) is 75.8 Å². The molecule has 0 radical (unpaired) electrons. The van der Waals surface area contributed by atoms with Gasteiger partial charge < -0.3 is 19.0 Å². The molecule has 0 N–H and O–H groups in total. The standard InChI is InChI=1S/C24H29N5O4/c1-16(2)29-22-19(14-25-29)18(13-20(26-22)21-6-4-10-33-21)24(31)28-7-3-5-17(15-28)23(30)27-8-11-32-12-9-27/h4,6,10,13-14,16-17H,3,5,7-9,11-12,15H2,1-2H3. The number of piperidine rings is 1. The number of carbonyl (C=O) groups excluding carboxylic acids is 2. The molecule has 2 saturated heterocycles. The smallest absolute Gasteiger partial charge is 0.254 e. The SMILES string of the molecule is CC(C)n1ncc2c(C(=O)N3CCCC(C(=O)N4CCOCC4)C3)cc(-c3ccco3)nc21. The fourth-order valence-corrected chi connectivity index (χ4v) is 4.70. The molecule has 2 amide bonds. The van der Waals surface area contributed by atoms with Crippen LogP contribution in [0.15, 0.2) is 35.1 Å². The third-order valence-electron chi connectivity index (χ3n) is 6.44. The average molecular weight is 452 g/mol. The first kappa shape index (κ1) is 21.6. The van der Waals surface area contributed by atoms with Gasteiger partial charge >= 0.3 is 0 Å². The van der Waals surface area contributed by atoms with Gasteiger partial charge in [0, 0.05) is 32.2 Å². The average Bonchev–Trinajstić information content (AvgIpc) is 3.53. The summed E-state index contributed by atoms with van der Waals surface area (Å²) in [6.45, 7) is 7.50. The van der Waals surface area contributed by atoms with E-state index in [0.717, 1.165) is 12.8 Å². The van der Waals surface area contributed by atoms with Crippen molar-refractivity contribution < 1.29 is 18.7 Å². The molecule has 0 spiro atoms. The zero-order chi connectivity index (χ0) is 22.9. The van der Waals surface area contributed by atoms with Crippen LogP contribution in [0.25, 0.3) is 22.5 Å². The molecule has 0 aromatic carbocycles. The van der Waals surface area contributed by atoms with E-state index >= 15 is 0 Å². The zero-order valence-electron chi connectivity index (χ0n) is 19.1. The molecule has 0 saturated carbocycles. The van der Waals surface area contributed by atoms with Crippen LogP contribution < -0.4 is 0 Å². The lowest BCUT2D eigenvalue weighted by molar-refractivity contribution is -0.141. The number of morpholine rings is 1. The lowest BCUT2D eigenvalue weighted by atomic mass is 9.95. The molecular weight excluding hydrogens is 422 g/mol. The van der Waals surface area contributed by atoms with E-state index in [9.17, 15) is 9.59 Å². The number of aromatic nitrogens is 3. The fraction of sp³-hybridized carbons (Fsp3) is 0.500. The van der Waals surface area contributed by atoms with Crippen molar-refractivity contribution in [3.05, 3.63) is 36.2 Å². The van der Waals surface area contributed by atoms with Crippen LogP contribution in [0, 0.1) is 5.92 Å². The highest BCUT2D eigenvalue weighted by Gasteiger charge is 2.33. The molecule has 33 heavy (non-hydrogen) atoms. The summed E-state index contributed by atoms with van der Waals surface area (Å²) in [7, 11) is 0. The van der Waals surface area contributed by atoms with E-state index in [-0.39, 0.29) is 23.8 Å². The molecule has 0 bridgehead atoms. The van der Waals surface area contributed by atoms with Gasteiger partial charge in [0.15, 0.2) is 11.4 Å². The summed E-state index contributed by atoms with van der Waals surface area (Å²) in [5, 5.41) is 5.20. The second-order valence-electron chi connectivity index (χ2n) is 8.98. The van der Waals surface area contributed by atoms with Gasteiger partial charge in [-0.1, -0.05) is 0 Å². The number of nitrogens with zero attached hydrogens (tertiary/aromatic N) is 5. The normalized spacial score (nSPS) is 19.4. The largest absolute Gasteiger partial charge is 0.463 e. The second-order valence-corrected chi connectivity index (χ2v) is 8.98. The van der Waals surface area contributed by atoms with Crippen LogP contribution in [0.4, 0.5) is 0 Å². The minimum absolute atomic E-state index is 0.0929. The number of hydrogen-bond acceptors (Lipinski definition) is 6. The molecule has 3 aromatic rings. The summed E-state index contributed by atoms with van der Waals surface area (Å²) in [5.74, 6) is 0.445. The monoisotopic (exact) mass is 451 g/mol. The van der Waals surface area contributed by atoms with Crippen LogP contribution in [0.2, 0.25) is 0 Å². The Morgan fingerprint density at radius 3 is 2.70 bits per heavy atom. The van der Waals surface area contributed by atoms with Crippen molar-refractivity contribution in [2.45, 2.75) is 32.7 Å². The molecule has 2 aliphatic rings. The van der Waals surface area contributed by atoms with E-state index in [2.05, 4.69) is 5.10 Å². The van der Waals surface area contributed by atoms with E-state index in [1.807, 2.05) is 29.5 Å². The van der Waals surface area contributed by atoms with Crippen molar-refractivity contribution in [3.8, 4) is 11.5 Å². The molecule has 1 unspecified atom stereocenters. The number of pyridine rings is 1. The molecule has 0 aliphatic carbocycles. The van der Waals surface area contributed by atoms with Gasteiger partial charge in [0.25, 0.3) is 5.91 Å². The molecule has 2 fully saturated rings. The summed E-state index contributed by atoms with van der Waals surface area (Å²) in [4.78, 5) is 35.2. The number of likely N-dealkylation sites (tertiary alicyclic amines) is 1. The van der Waals surface area contributed by atoms with Gasteiger partial charge in [-0.3, -0.25) is 9.59 Å². The molecule has 2 aliphatic heterocycles. The van der Waals surface area contributed by atoms with Gasteiger partial charge in [0.05, 0.1) is 42.5 Å². The summed E-state index contributed by atoms with van der Waals surface area (Å²) < 4.78 is 12.8. The quantitative estimate of drug-likeness (QED) is 0.605. The molecule has 9 heteroatoms. The Bertz CT molecular complexity index is 1150.